The van der Waals surface area contributed by atoms with Crippen molar-refractivity contribution >= 4 is 27.6 Å². The van der Waals surface area contributed by atoms with Crippen molar-refractivity contribution in [3.8, 4) is 11.5 Å². The van der Waals surface area contributed by atoms with Crippen molar-refractivity contribution in [1.29, 1.82) is 0 Å². The van der Waals surface area contributed by atoms with Crippen LogP contribution in [0.15, 0.2) is 77.7 Å². The number of carbonyl (C=O) groups excluding carboxylic acids is 2. The third-order valence-electron chi connectivity index (χ3n) is 7.95. The van der Waals surface area contributed by atoms with E-state index in [1.165, 1.54) is 28.6 Å². The third-order valence-corrected chi connectivity index (χ3v) is 9.77. The number of anilines is 1. The van der Waals surface area contributed by atoms with Crippen molar-refractivity contribution in [2.45, 2.75) is 50.0 Å². The smallest absolute Gasteiger partial charge is 0.416 e. The van der Waals surface area contributed by atoms with E-state index in [1.807, 2.05) is 32.0 Å². The van der Waals surface area contributed by atoms with Gasteiger partial charge < -0.3 is 19.3 Å². The molecule has 0 radical (unpaired) electrons. The molecule has 2 aliphatic heterocycles. The lowest BCUT2D eigenvalue weighted by Crippen LogP contribution is -2.43. The van der Waals surface area contributed by atoms with Crippen LogP contribution in [0.2, 0.25) is 0 Å². The van der Waals surface area contributed by atoms with Gasteiger partial charge in [0, 0.05) is 31.3 Å². The van der Waals surface area contributed by atoms with E-state index in [1.54, 1.807) is 12.1 Å². The molecule has 14 heteroatoms. The van der Waals surface area contributed by atoms with Crippen LogP contribution >= 0.6 is 0 Å². The molecule has 2 aliphatic rings. The molecule has 1 saturated heterocycles. The number of ether oxygens (including phenoxy) is 3. The van der Waals surface area contributed by atoms with Crippen LogP contribution in [-0.2, 0) is 32.2 Å². The SMILES string of the molecule is CC(C)CN(C[C@@H](O)[C@@H](CC(=O)[C@@H]1CN(c2cccc(C(F)(F)F)c2)C(=O)O1)Cc1ccccc1)S(=O)(=O)c1ccc2c(c1)OCO2. The minimum atomic E-state index is -4.63. The number of halogens is 3. The average Bonchev–Trinajstić information content (AvgIpc) is 3.66. The lowest BCUT2D eigenvalue weighted by atomic mass is 9.88. The van der Waals surface area contributed by atoms with E-state index in [4.69, 9.17) is 14.2 Å². The van der Waals surface area contributed by atoms with Gasteiger partial charge in [-0.2, -0.15) is 17.5 Å². The summed E-state index contributed by atoms with van der Waals surface area (Å²) in [4.78, 5) is 27.1. The van der Waals surface area contributed by atoms with Crippen LogP contribution in [-0.4, -0.2) is 68.3 Å². The number of Topliss-reactive ketones (excluding diaryl/α,β-unsaturated/α-hetero) is 1. The second-order valence-electron chi connectivity index (χ2n) is 11.9. The zero-order valence-corrected chi connectivity index (χ0v) is 26.5. The highest BCUT2D eigenvalue weighted by Crippen LogP contribution is 2.36. The van der Waals surface area contributed by atoms with Crippen LogP contribution < -0.4 is 14.4 Å². The van der Waals surface area contributed by atoms with Crippen LogP contribution in [0.3, 0.4) is 0 Å². The molecule has 1 fully saturated rings. The van der Waals surface area contributed by atoms with Crippen LogP contribution in [0.5, 0.6) is 11.5 Å². The van der Waals surface area contributed by atoms with Gasteiger partial charge in [0.05, 0.1) is 23.1 Å². The number of nitrogens with zero attached hydrogens (tertiary/aromatic N) is 2. The number of cyclic esters (lactones) is 1. The minimum Gasteiger partial charge on any atom is -0.454 e. The first-order valence-electron chi connectivity index (χ1n) is 15.0. The second-order valence-corrected chi connectivity index (χ2v) is 13.9. The van der Waals surface area contributed by atoms with Crippen LogP contribution in [0.1, 0.15) is 31.4 Å². The Morgan fingerprint density at radius 3 is 2.43 bits per heavy atom. The Kier molecular flexibility index (Phi) is 10.1. The number of aliphatic hydroxyl groups is 1. The minimum absolute atomic E-state index is 0.0313. The highest BCUT2D eigenvalue weighted by Gasteiger charge is 2.40. The number of aliphatic hydroxyl groups excluding tert-OH is 1. The van der Waals surface area contributed by atoms with Crippen molar-refractivity contribution in [2.24, 2.45) is 11.8 Å². The number of sulfonamides is 1. The fraction of sp³-hybridized carbons (Fsp3) is 0.394. The number of fused-ring (bicyclic) bond motifs is 1. The van der Waals surface area contributed by atoms with Crippen LogP contribution in [0.25, 0.3) is 0 Å². The van der Waals surface area contributed by atoms with E-state index < -0.39 is 51.8 Å². The summed E-state index contributed by atoms with van der Waals surface area (Å²) in [6, 6.07) is 17.4. The van der Waals surface area contributed by atoms with Gasteiger partial charge in [-0.1, -0.05) is 50.2 Å². The molecular formula is C33H35F3N2O8S. The van der Waals surface area contributed by atoms with E-state index in [9.17, 15) is 36.3 Å². The predicted octanol–water partition coefficient (Wildman–Crippen LogP) is 5.29. The molecule has 0 spiro atoms. The Bertz CT molecular complexity index is 1700. The highest BCUT2D eigenvalue weighted by molar-refractivity contribution is 7.89. The predicted molar refractivity (Wildman–Crippen MR) is 164 cm³/mol. The van der Waals surface area contributed by atoms with Crippen molar-refractivity contribution in [3.05, 3.63) is 83.9 Å². The van der Waals surface area contributed by atoms with Gasteiger partial charge in [-0.05, 0) is 54.2 Å². The molecule has 1 amide bonds. The van der Waals surface area contributed by atoms with Crippen LogP contribution in [0.4, 0.5) is 23.7 Å². The summed E-state index contributed by atoms with van der Waals surface area (Å²) in [6.07, 6.45) is -8.31. The first-order chi connectivity index (χ1) is 22.2. The highest BCUT2D eigenvalue weighted by atomic mass is 32.2. The quantitative estimate of drug-likeness (QED) is 0.260. The molecular weight excluding hydrogens is 641 g/mol. The molecule has 3 atom stereocenters. The maximum absolute atomic E-state index is 13.8. The van der Waals surface area contributed by atoms with Gasteiger partial charge in [-0.15, -0.1) is 0 Å². The average molecular weight is 677 g/mol. The van der Waals surface area contributed by atoms with E-state index in [2.05, 4.69) is 0 Å². The van der Waals surface area contributed by atoms with Crippen molar-refractivity contribution in [3.63, 3.8) is 0 Å². The lowest BCUT2D eigenvalue weighted by Gasteiger charge is -2.30. The second kappa shape index (κ2) is 13.9. The molecule has 252 valence electrons. The Labute approximate surface area is 270 Å². The van der Waals surface area contributed by atoms with E-state index >= 15 is 0 Å². The van der Waals surface area contributed by atoms with Gasteiger partial charge in [0.25, 0.3) is 0 Å². The fourth-order valence-electron chi connectivity index (χ4n) is 5.56. The molecule has 10 nitrogen and oxygen atoms in total. The zero-order chi connectivity index (χ0) is 33.9. The number of amides is 1. The van der Waals surface area contributed by atoms with Gasteiger partial charge in [0.1, 0.15) is 0 Å². The Morgan fingerprint density at radius 2 is 1.72 bits per heavy atom. The summed E-state index contributed by atoms with van der Waals surface area (Å²) >= 11 is 0. The van der Waals surface area contributed by atoms with Crippen molar-refractivity contribution < 1.29 is 50.5 Å². The molecule has 3 aromatic carbocycles. The Morgan fingerprint density at radius 1 is 1.00 bits per heavy atom. The molecule has 3 aromatic rings. The Hall–Kier alpha value is -4.14. The number of rotatable bonds is 13. The molecule has 5 rings (SSSR count). The number of benzene rings is 3. The largest absolute Gasteiger partial charge is 0.454 e. The number of ketones is 1. The molecule has 0 bridgehead atoms. The number of carbonyl (C=O) groups is 2. The molecule has 0 aliphatic carbocycles. The molecule has 0 unspecified atom stereocenters. The van der Waals surface area contributed by atoms with E-state index in [0.717, 1.165) is 28.7 Å². The summed E-state index contributed by atoms with van der Waals surface area (Å²) in [5.41, 5.74) is -0.239. The summed E-state index contributed by atoms with van der Waals surface area (Å²) < 4.78 is 84.6. The van der Waals surface area contributed by atoms with Gasteiger partial charge in [-0.25, -0.2) is 13.2 Å². The number of hydrogen-bond acceptors (Lipinski definition) is 8. The van der Waals surface area contributed by atoms with Crippen LogP contribution in [0, 0.1) is 11.8 Å². The van der Waals surface area contributed by atoms with Gasteiger partial charge in [0.15, 0.2) is 23.4 Å². The molecule has 0 aromatic heterocycles. The Balaban J connectivity index is 1.35. The molecule has 47 heavy (non-hydrogen) atoms. The fourth-order valence-corrected chi connectivity index (χ4v) is 7.20. The maximum atomic E-state index is 13.8. The van der Waals surface area contributed by atoms with Gasteiger partial charge in [0.2, 0.25) is 16.8 Å². The summed E-state index contributed by atoms with van der Waals surface area (Å²) in [5.74, 6) is -0.761. The van der Waals surface area contributed by atoms with Gasteiger partial charge >= 0.3 is 12.3 Å². The first-order valence-corrected chi connectivity index (χ1v) is 16.5. The third kappa shape index (κ3) is 8.06. The molecule has 1 N–H and O–H groups in total. The maximum Gasteiger partial charge on any atom is 0.416 e. The first kappa shape index (κ1) is 34.2. The number of hydrogen-bond donors (Lipinski definition) is 1. The summed E-state index contributed by atoms with van der Waals surface area (Å²) in [5, 5.41) is 11.6. The van der Waals surface area contributed by atoms with Gasteiger partial charge in [-0.3, -0.25) is 9.69 Å². The number of alkyl halides is 3. The van der Waals surface area contributed by atoms with Crippen molar-refractivity contribution in [1.82, 2.24) is 4.31 Å². The molecule has 2 heterocycles. The van der Waals surface area contributed by atoms with E-state index in [0.29, 0.717) is 5.75 Å². The monoisotopic (exact) mass is 676 g/mol. The van der Waals surface area contributed by atoms with E-state index in [-0.39, 0.29) is 61.5 Å². The topological polar surface area (TPSA) is 123 Å². The van der Waals surface area contributed by atoms with Crippen molar-refractivity contribution in [2.75, 3.05) is 31.3 Å². The standard InChI is InChI=1S/C33H35F3N2O8S/c1-21(2)17-37(47(42,43)26-11-12-29-30(16-26)45-20-44-29)18-28(40)23(13-22-7-4-3-5-8-22)14-27(39)31-19-38(32(41)46-31)25-10-6-9-24(15-25)33(34,35)36/h3-12,15-16,21,23,28,31,40H,13-14,17-20H2,1-2H3/t23-,28-,31+/m1/s1. The lowest BCUT2D eigenvalue weighted by molar-refractivity contribution is -0.137. The summed E-state index contributed by atoms with van der Waals surface area (Å²) in [7, 11) is -4.13. The normalized spacial score (nSPS) is 17.7. The zero-order valence-electron chi connectivity index (χ0n) is 25.7. The summed E-state index contributed by atoms with van der Waals surface area (Å²) in [6.45, 7) is 3.07. The molecule has 0 saturated carbocycles.